The van der Waals surface area contributed by atoms with Gasteiger partial charge in [0.15, 0.2) is 0 Å². The molecule has 2 aromatic carbocycles. The number of aromatic nitrogens is 2. The monoisotopic (exact) mass is 349 g/mol. The van der Waals surface area contributed by atoms with E-state index in [4.69, 9.17) is 0 Å². The normalized spacial score (nSPS) is 10.8. The van der Waals surface area contributed by atoms with Gasteiger partial charge in [0.25, 0.3) is 5.56 Å². The predicted octanol–water partition coefficient (Wildman–Crippen LogP) is 3.54. The first kappa shape index (κ1) is 17.9. The Bertz CT molecular complexity index is 978. The highest BCUT2D eigenvalue weighted by atomic mass is 16.2. The van der Waals surface area contributed by atoms with Gasteiger partial charge in [-0.05, 0) is 44.0 Å². The molecule has 0 saturated carbocycles. The number of aryl methyl sites for hydroxylation is 2. The number of amides is 1. The number of hydrogen-bond acceptors (Lipinski definition) is 3. The Labute approximate surface area is 152 Å². The smallest absolute Gasteiger partial charge is 0.261 e. The van der Waals surface area contributed by atoms with Crippen LogP contribution in [0.15, 0.2) is 59.7 Å². The van der Waals surface area contributed by atoms with Gasteiger partial charge >= 0.3 is 0 Å². The highest BCUT2D eigenvalue weighted by Crippen LogP contribution is 2.20. The van der Waals surface area contributed by atoms with Crippen molar-refractivity contribution >= 4 is 22.5 Å². The third-order valence-electron chi connectivity index (χ3n) is 4.54. The molecule has 0 radical (unpaired) electrons. The van der Waals surface area contributed by atoms with Crippen LogP contribution in [0.5, 0.6) is 0 Å². The molecule has 0 aliphatic carbocycles. The fourth-order valence-electron chi connectivity index (χ4n) is 3.15. The minimum Gasteiger partial charge on any atom is -0.312 e. The van der Waals surface area contributed by atoms with Gasteiger partial charge in [0.1, 0.15) is 0 Å². The molecular weight excluding hydrogens is 326 g/mol. The van der Waals surface area contributed by atoms with Crippen LogP contribution in [0.3, 0.4) is 0 Å². The van der Waals surface area contributed by atoms with E-state index in [9.17, 15) is 9.59 Å². The van der Waals surface area contributed by atoms with E-state index in [1.54, 1.807) is 21.9 Å². The minimum atomic E-state index is -0.0608. The maximum Gasteiger partial charge on any atom is 0.261 e. The number of anilines is 1. The Morgan fingerprint density at radius 2 is 1.85 bits per heavy atom. The number of nitrogens with zero attached hydrogens (tertiary/aromatic N) is 3. The average molecular weight is 349 g/mol. The summed E-state index contributed by atoms with van der Waals surface area (Å²) in [4.78, 5) is 31.2. The van der Waals surface area contributed by atoms with Crippen molar-refractivity contribution in [2.24, 2.45) is 0 Å². The van der Waals surface area contributed by atoms with Gasteiger partial charge in [-0.3, -0.25) is 14.2 Å². The van der Waals surface area contributed by atoms with E-state index in [0.717, 1.165) is 11.3 Å². The van der Waals surface area contributed by atoms with Crippen molar-refractivity contribution in [3.63, 3.8) is 0 Å². The third-order valence-corrected chi connectivity index (χ3v) is 4.54. The van der Waals surface area contributed by atoms with Gasteiger partial charge in [-0.2, -0.15) is 0 Å². The zero-order valence-corrected chi connectivity index (χ0v) is 15.2. The van der Waals surface area contributed by atoms with E-state index in [1.807, 2.05) is 56.3 Å². The molecule has 0 bridgehead atoms. The van der Waals surface area contributed by atoms with E-state index in [0.29, 0.717) is 36.8 Å². The second kappa shape index (κ2) is 7.95. The topological polar surface area (TPSA) is 55.2 Å². The van der Waals surface area contributed by atoms with Gasteiger partial charge in [-0.25, -0.2) is 4.98 Å². The lowest BCUT2D eigenvalue weighted by Crippen LogP contribution is -2.31. The van der Waals surface area contributed by atoms with Crippen LogP contribution in [0.25, 0.3) is 10.9 Å². The number of para-hydroxylation sites is 2. The number of hydrogen-bond donors (Lipinski definition) is 0. The molecule has 1 heterocycles. The quantitative estimate of drug-likeness (QED) is 0.684. The zero-order valence-electron chi connectivity index (χ0n) is 15.2. The number of carbonyl (C=O) groups excluding carboxylic acids is 1. The summed E-state index contributed by atoms with van der Waals surface area (Å²) in [6.45, 7) is 5.09. The van der Waals surface area contributed by atoms with Crippen molar-refractivity contribution < 1.29 is 4.79 Å². The van der Waals surface area contributed by atoms with Crippen LogP contribution < -0.4 is 10.5 Å². The van der Waals surface area contributed by atoms with E-state index in [-0.39, 0.29) is 11.5 Å². The fourth-order valence-corrected chi connectivity index (χ4v) is 3.15. The van der Waals surface area contributed by atoms with Crippen molar-refractivity contribution in [3.8, 4) is 0 Å². The lowest BCUT2D eigenvalue weighted by Gasteiger charge is -2.23. The Morgan fingerprint density at radius 3 is 2.62 bits per heavy atom. The van der Waals surface area contributed by atoms with Crippen LogP contribution in [-0.2, 0) is 11.3 Å². The largest absolute Gasteiger partial charge is 0.312 e. The Balaban J connectivity index is 1.68. The van der Waals surface area contributed by atoms with Crippen molar-refractivity contribution in [1.29, 1.82) is 0 Å². The first-order chi connectivity index (χ1) is 12.6. The highest BCUT2D eigenvalue weighted by molar-refractivity contribution is 5.94. The lowest BCUT2D eigenvalue weighted by molar-refractivity contribution is -0.118. The minimum absolute atomic E-state index is 0.0608. The fraction of sp³-hybridized carbons (Fsp3) is 0.286. The maximum atomic E-state index is 12.6. The SMILES string of the molecule is CCN(C(=O)CCCn1cnc2ccccc2c1=O)c1ccccc1C. The van der Waals surface area contributed by atoms with Crippen LogP contribution in [0.4, 0.5) is 5.69 Å². The first-order valence-electron chi connectivity index (χ1n) is 8.92. The van der Waals surface area contributed by atoms with Gasteiger partial charge in [-0.15, -0.1) is 0 Å². The molecule has 134 valence electrons. The summed E-state index contributed by atoms with van der Waals surface area (Å²) in [5, 5.41) is 0.608. The molecule has 0 fully saturated rings. The van der Waals surface area contributed by atoms with Gasteiger partial charge in [0, 0.05) is 25.2 Å². The van der Waals surface area contributed by atoms with Gasteiger partial charge in [-0.1, -0.05) is 30.3 Å². The molecule has 0 aliphatic heterocycles. The molecule has 0 unspecified atom stereocenters. The molecule has 1 aromatic heterocycles. The summed E-state index contributed by atoms with van der Waals surface area (Å²) in [7, 11) is 0. The van der Waals surface area contributed by atoms with Crippen LogP contribution in [0.2, 0.25) is 0 Å². The molecule has 3 aromatic rings. The molecule has 0 N–H and O–H groups in total. The summed E-state index contributed by atoms with van der Waals surface area (Å²) in [5.41, 5.74) is 2.66. The Hall–Kier alpha value is -2.95. The lowest BCUT2D eigenvalue weighted by atomic mass is 10.1. The second-order valence-electron chi connectivity index (χ2n) is 6.29. The second-order valence-corrected chi connectivity index (χ2v) is 6.29. The van der Waals surface area contributed by atoms with E-state index >= 15 is 0 Å². The van der Waals surface area contributed by atoms with E-state index in [2.05, 4.69) is 4.98 Å². The number of fused-ring (bicyclic) bond motifs is 1. The molecule has 3 rings (SSSR count). The summed E-state index contributed by atoms with van der Waals surface area (Å²) < 4.78 is 1.58. The highest BCUT2D eigenvalue weighted by Gasteiger charge is 2.15. The summed E-state index contributed by atoms with van der Waals surface area (Å²) in [6.07, 6.45) is 2.55. The van der Waals surface area contributed by atoms with Gasteiger partial charge in [0.2, 0.25) is 5.91 Å². The average Bonchev–Trinajstić information content (AvgIpc) is 2.66. The van der Waals surface area contributed by atoms with Crippen LogP contribution in [-0.4, -0.2) is 22.0 Å². The third kappa shape index (κ3) is 3.67. The van der Waals surface area contributed by atoms with Gasteiger partial charge < -0.3 is 4.90 Å². The van der Waals surface area contributed by atoms with Crippen molar-refractivity contribution in [1.82, 2.24) is 9.55 Å². The molecule has 0 atom stereocenters. The standard InChI is InChI=1S/C21H23N3O2/c1-3-24(19-12-7-4-9-16(19)2)20(25)13-8-14-23-15-22-18-11-6-5-10-17(18)21(23)26/h4-7,9-12,15H,3,8,13-14H2,1-2H3. The van der Waals surface area contributed by atoms with E-state index in [1.165, 1.54) is 0 Å². The Kier molecular flexibility index (Phi) is 5.46. The maximum absolute atomic E-state index is 12.6. The summed E-state index contributed by atoms with van der Waals surface area (Å²) >= 11 is 0. The number of rotatable bonds is 6. The van der Waals surface area contributed by atoms with Crippen LogP contribution >= 0.6 is 0 Å². The van der Waals surface area contributed by atoms with Crippen LogP contribution in [0.1, 0.15) is 25.3 Å². The van der Waals surface area contributed by atoms with Crippen molar-refractivity contribution in [3.05, 3.63) is 70.8 Å². The molecular formula is C21H23N3O2. The number of carbonyl (C=O) groups is 1. The summed E-state index contributed by atoms with van der Waals surface area (Å²) in [5.74, 6) is 0.0728. The van der Waals surface area contributed by atoms with E-state index < -0.39 is 0 Å². The van der Waals surface area contributed by atoms with Crippen LogP contribution in [0, 0.1) is 6.92 Å². The molecule has 0 saturated heterocycles. The Morgan fingerprint density at radius 1 is 1.12 bits per heavy atom. The van der Waals surface area contributed by atoms with Crippen molar-refractivity contribution in [2.75, 3.05) is 11.4 Å². The van der Waals surface area contributed by atoms with Crippen molar-refractivity contribution in [2.45, 2.75) is 33.2 Å². The molecule has 5 nitrogen and oxygen atoms in total. The van der Waals surface area contributed by atoms with Gasteiger partial charge in [0.05, 0.1) is 17.2 Å². The summed E-state index contributed by atoms with van der Waals surface area (Å²) in [6, 6.07) is 15.2. The number of benzene rings is 2. The molecule has 0 aliphatic rings. The molecule has 1 amide bonds. The predicted molar refractivity (Wildman–Crippen MR) is 104 cm³/mol. The molecule has 5 heteroatoms. The first-order valence-corrected chi connectivity index (χ1v) is 8.92. The zero-order chi connectivity index (χ0) is 18.5. The molecule has 26 heavy (non-hydrogen) atoms. The molecule has 0 spiro atoms.